The molecule has 0 aliphatic carbocycles. The second kappa shape index (κ2) is 10.3. The van der Waals surface area contributed by atoms with Gasteiger partial charge in [-0.3, -0.25) is 13.9 Å². The quantitative estimate of drug-likeness (QED) is 0.451. The third kappa shape index (κ3) is 4.92. The number of ether oxygens (including phenoxy) is 1. The van der Waals surface area contributed by atoms with Crippen molar-refractivity contribution in [1.29, 1.82) is 0 Å². The smallest absolute Gasteiger partial charge is 0.332 e. The number of aromatic amines is 1. The van der Waals surface area contributed by atoms with Gasteiger partial charge in [0.1, 0.15) is 23.3 Å². The zero-order valence-electron chi connectivity index (χ0n) is 19.6. The number of likely N-dealkylation sites (N-methyl/N-ethyl adjacent to an activating group) is 1. The number of rotatable bonds is 10. The van der Waals surface area contributed by atoms with Crippen LogP contribution >= 0.6 is 0 Å². The predicted octanol–water partition coefficient (Wildman–Crippen LogP) is 1.86. The Morgan fingerprint density at radius 3 is 2.62 bits per heavy atom. The highest BCUT2D eigenvalue weighted by Gasteiger charge is 2.26. The van der Waals surface area contributed by atoms with E-state index >= 15 is 0 Å². The number of H-pyrrole nitrogens is 1. The van der Waals surface area contributed by atoms with Crippen molar-refractivity contribution < 1.29 is 9.13 Å². The zero-order valence-corrected chi connectivity index (χ0v) is 19.6. The molecule has 1 aromatic carbocycles. The Kier molecular flexibility index (Phi) is 7.17. The summed E-state index contributed by atoms with van der Waals surface area (Å²) >= 11 is 0. The first kappa shape index (κ1) is 23.8. The molecule has 0 amide bonds. The highest BCUT2D eigenvalue weighted by molar-refractivity contribution is 5.69. The van der Waals surface area contributed by atoms with Crippen LogP contribution in [0.5, 0.6) is 0 Å². The number of hydrogen-bond acceptors (Lipinski definition) is 8. The Bertz CT molecular complexity index is 1280. The molecule has 3 heterocycles. The number of nitrogens with one attached hydrogen (secondary N) is 1. The van der Waals surface area contributed by atoms with Gasteiger partial charge < -0.3 is 9.72 Å². The zero-order chi connectivity index (χ0) is 24.2. The molecule has 2 aromatic heterocycles. The van der Waals surface area contributed by atoms with E-state index < -0.39 is 5.69 Å². The van der Waals surface area contributed by atoms with E-state index in [2.05, 4.69) is 20.3 Å². The molecule has 3 aromatic rings. The van der Waals surface area contributed by atoms with Gasteiger partial charge in [-0.2, -0.15) is 5.01 Å². The fourth-order valence-corrected chi connectivity index (χ4v) is 3.97. The number of halogens is 1. The normalized spacial score (nSPS) is 16.2. The Hall–Kier alpha value is -3.38. The van der Waals surface area contributed by atoms with Crippen LogP contribution in [0.25, 0.3) is 11.2 Å². The lowest BCUT2D eigenvalue weighted by Gasteiger charge is -2.25. The molecule has 1 atom stereocenters. The molecular weight excluding hydrogens is 443 g/mol. The van der Waals surface area contributed by atoms with Crippen molar-refractivity contribution in [1.82, 2.24) is 29.2 Å². The lowest BCUT2D eigenvalue weighted by atomic mass is 10.1. The van der Waals surface area contributed by atoms with E-state index in [-0.39, 0.29) is 24.1 Å². The van der Waals surface area contributed by atoms with Crippen molar-refractivity contribution in [3.05, 3.63) is 62.3 Å². The van der Waals surface area contributed by atoms with Crippen LogP contribution in [0.1, 0.15) is 24.7 Å². The maximum Gasteiger partial charge on any atom is 0.332 e. The second-order valence-corrected chi connectivity index (χ2v) is 8.15. The van der Waals surface area contributed by atoms with Gasteiger partial charge in [-0.15, -0.1) is 5.11 Å². The largest absolute Gasteiger partial charge is 0.380 e. The molecule has 0 fully saturated rings. The van der Waals surface area contributed by atoms with E-state index in [1.165, 1.54) is 21.3 Å². The first-order valence-corrected chi connectivity index (χ1v) is 11.3. The standard InChI is InChI=1S/C22H29FN8O3/c1-4-34-13-12-29-20-19(24-15(2)25-20)21(32)30(22(29)33)10-5-11-31-27-26-18(28(31)3)14-16-6-8-17(23)9-7-16/h6-9,18H,4-5,10-14H2,1-3H3,(H,24,25). The van der Waals surface area contributed by atoms with Gasteiger partial charge in [0, 0.05) is 26.6 Å². The third-order valence-corrected chi connectivity index (χ3v) is 5.80. The number of aromatic nitrogens is 4. The SMILES string of the molecule is CCOCCn1c(=O)n(CCCN2N=NC(Cc3ccc(F)cc3)N2C)c(=O)c2[nH]c(C)nc21. The van der Waals surface area contributed by atoms with Gasteiger partial charge in [-0.25, -0.2) is 19.3 Å². The number of imidazole rings is 1. The number of aryl methyl sites for hydroxylation is 1. The molecule has 12 heteroatoms. The molecule has 0 radical (unpaired) electrons. The van der Waals surface area contributed by atoms with E-state index in [9.17, 15) is 14.0 Å². The van der Waals surface area contributed by atoms with Crippen LogP contribution in [0, 0.1) is 12.7 Å². The van der Waals surface area contributed by atoms with E-state index in [0.717, 1.165) is 5.56 Å². The van der Waals surface area contributed by atoms with Gasteiger partial charge in [0.2, 0.25) is 0 Å². The summed E-state index contributed by atoms with van der Waals surface area (Å²) in [5.41, 5.74) is 0.820. The molecule has 11 nitrogen and oxygen atoms in total. The summed E-state index contributed by atoms with van der Waals surface area (Å²) in [4.78, 5) is 33.4. The number of nitrogens with zero attached hydrogens (tertiary/aromatic N) is 7. The van der Waals surface area contributed by atoms with Crippen LogP contribution in [0.2, 0.25) is 0 Å². The van der Waals surface area contributed by atoms with Gasteiger partial charge in [-0.1, -0.05) is 17.4 Å². The summed E-state index contributed by atoms with van der Waals surface area (Å²) in [7, 11) is 1.88. The van der Waals surface area contributed by atoms with Crippen molar-refractivity contribution in [3.8, 4) is 0 Å². The molecule has 1 unspecified atom stereocenters. The average molecular weight is 473 g/mol. The van der Waals surface area contributed by atoms with Gasteiger partial charge in [-0.05, 0) is 38.0 Å². The van der Waals surface area contributed by atoms with Gasteiger partial charge in [0.15, 0.2) is 5.65 Å². The van der Waals surface area contributed by atoms with Gasteiger partial charge in [0.05, 0.1) is 19.7 Å². The Morgan fingerprint density at radius 2 is 1.88 bits per heavy atom. The highest BCUT2D eigenvalue weighted by Crippen LogP contribution is 2.19. The van der Waals surface area contributed by atoms with E-state index in [4.69, 9.17) is 4.74 Å². The number of hydrazine groups is 1. The molecule has 182 valence electrons. The summed E-state index contributed by atoms with van der Waals surface area (Å²) in [6.45, 7) is 5.53. The third-order valence-electron chi connectivity index (χ3n) is 5.80. The molecule has 0 saturated carbocycles. The van der Waals surface area contributed by atoms with Crippen LogP contribution in [0.15, 0.2) is 44.2 Å². The topological polar surface area (TPSA) is 113 Å². The summed E-state index contributed by atoms with van der Waals surface area (Å²) < 4.78 is 21.3. The van der Waals surface area contributed by atoms with Crippen molar-refractivity contribution in [2.24, 2.45) is 10.3 Å². The van der Waals surface area contributed by atoms with Crippen LogP contribution in [0.4, 0.5) is 4.39 Å². The highest BCUT2D eigenvalue weighted by atomic mass is 19.1. The molecule has 1 N–H and O–H groups in total. The second-order valence-electron chi connectivity index (χ2n) is 8.15. The van der Waals surface area contributed by atoms with Crippen molar-refractivity contribution >= 4 is 11.2 Å². The van der Waals surface area contributed by atoms with Crippen LogP contribution in [-0.4, -0.2) is 62.2 Å². The van der Waals surface area contributed by atoms with E-state index in [1.807, 2.05) is 19.0 Å². The fourth-order valence-electron chi connectivity index (χ4n) is 3.97. The Balaban J connectivity index is 1.43. The maximum absolute atomic E-state index is 13.1. The minimum atomic E-state index is -0.408. The molecule has 34 heavy (non-hydrogen) atoms. The molecular formula is C22H29FN8O3. The van der Waals surface area contributed by atoms with Gasteiger partial charge >= 0.3 is 5.69 Å². The summed E-state index contributed by atoms with van der Waals surface area (Å²) in [6, 6.07) is 6.32. The van der Waals surface area contributed by atoms with Crippen molar-refractivity contribution in [2.75, 3.05) is 26.8 Å². The van der Waals surface area contributed by atoms with Crippen LogP contribution < -0.4 is 11.2 Å². The van der Waals surface area contributed by atoms with Crippen molar-refractivity contribution in [2.45, 2.75) is 45.9 Å². The van der Waals surface area contributed by atoms with Gasteiger partial charge in [0.25, 0.3) is 5.56 Å². The number of benzene rings is 1. The number of hydrogen-bond donors (Lipinski definition) is 1. The molecule has 0 bridgehead atoms. The Morgan fingerprint density at radius 1 is 1.12 bits per heavy atom. The molecule has 1 aliphatic rings. The summed E-state index contributed by atoms with van der Waals surface area (Å²) in [5, 5.41) is 12.1. The van der Waals surface area contributed by atoms with E-state index in [1.54, 1.807) is 24.2 Å². The molecule has 0 spiro atoms. The minimum absolute atomic E-state index is 0.201. The monoisotopic (exact) mass is 472 g/mol. The average Bonchev–Trinajstić information content (AvgIpc) is 3.37. The summed E-state index contributed by atoms with van der Waals surface area (Å²) in [6.07, 6.45) is 0.899. The minimum Gasteiger partial charge on any atom is -0.380 e. The summed E-state index contributed by atoms with van der Waals surface area (Å²) in [5.74, 6) is 0.295. The fraction of sp³-hybridized carbons (Fsp3) is 0.500. The van der Waals surface area contributed by atoms with Crippen LogP contribution in [0.3, 0.4) is 0 Å². The lowest BCUT2D eigenvalue weighted by molar-refractivity contribution is 0.00266. The van der Waals surface area contributed by atoms with Crippen molar-refractivity contribution in [3.63, 3.8) is 0 Å². The molecule has 0 saturated heterocycles. The molecule has 1 aliphatic heterocycles. The van der Waals surface area contributed by atoms with E-state index in [0.29, 0.717) is 56.1 Å². The number of fused-ring (bicyclic) bond motifs is 1. The molecule has 4 rings (SSSR count). The lowest BCUT2D eigenvalue weighted by Crippen LogP contribution is -2.42. The Labute approximate surface area is 195 Å². The first-order valence-electron chi connectivity index (χ1n) is 11.3. The maximum atomic E-state index is 13.1. The first-order chi connectivity index (χ1) is 16.4. The predicted molar refractivity (Wildman–Crippen MR) is 124 cm³/mol. The van der Waals surface area contributed by atoms with Crippen LogP contribution in [-0.2, 0) is 24.2 Å².